The molecule has 0 aliphatic carbocycles. The van der Waals surface area contributed by atoms with Gasteiger partial charge in [-0.2, -0.15) is 0 Å². The molecular formula is C16H17FN2O4. The normalized spacial score (nSPS) is 23.4. The standard InChI is InChI=1S/C16H17FN2O4/c1-16(15(22)23)4-5-19(8-16)14(21)10-6-9-2-3-13(20)18-12(9)7-11(10)17/h6-7H,2-5,8H2,1H3,(H,18,20)(H,22,23). The molecule has 1 unspecified atom stereocenters. The monoisotopic (exact) mass is 320 g/mol. The lowest BCUT2D eigenvalue weighted by Crippen LogP contribution is -2.35. The molecule has 1 aromatic rings. The summed E-state index contributed by atoms with van der Waals surface area (Å²) < 4.78 is 14.2. The zero-order valence-electron chi connectivity index (χ0n) is 12.7. The average Bonchev–Trinajstić information content (AvgIpc) is 2.90. The van der Waals surface area contributed by atoms with Gasteiger partial charge in [0.2, 0.25) is 5.91 Å². The summed E-state index contributed by atoms with van der Waals surface area (Å²) in [5.41, 5.74) is 0.0464. The minimum atomic E-state index is -0.992. The summed E-state index contributed by atoms with van der Waals surface area (Å²) >= 11 is 0. The van der Waals surface area contributed by atoms with Gasteiger partial charge in [0, 0.05) is 25.2 Å². The number of aliphatic carboxylic acids is 1. The Hall–Kier alpha value is -2.44. The minimum absolute atomic E-state index is 0.0639. The van der Waals surface area contributed by atoms with Crippen molar-refractivity contribution >= 4 is 23.5 Å². The highest BCUT2D eigenvalue weighted by molar-refractivity contribution is 5.98. The van der Waals surface area contributed by atoms with Gasteiger partial charge in [-0.25, -0.2) is 4.39 Å². The van der Waals surface area contributed by atoms with Crippen molar-refractivity contribution in [2.24, 2.45) is 5.41 Å². The molecule has 2 aliphatic heterocycles. The van der Waals surface area contributed by atoms with Crippen molar-refractivity contribution in [3.05, 3.63) is 29.1 Å². The van der Waals surface area contributed by atoms with Crippen LogP contribution in [-0.2, 0) is 16.0 Å². The number of likely N-dealkylation sites (tertiary alicyclic amines) is 1. The Morgan fingerprint density at radius 3 is 2.74 bits per heavy atom. The molecule has 0 bridgehead atoms. The zero-order valence-corrected chi connectivity index (χ0v) is 12.7. The molecule has 0 saturated carbocycles. The highest BCUT2D eigenvalue weighted by Gasteiger charge is 2.42. The number of nitrogens with zero attached hydrogens (tertiary/aromatic N) is 1. The predicted octanol–water partition coefficient (Wildman–Crippen LogP) is 1.65. The van der Waals surface area contributed by atoms with Crippen molar-refractivity contribution in [3.63, 3.8) is 0 Å². The molecular weight excluding hydrogens is 303 g/mol. The van der Waals surface area contributed by atoms with Crippen LogP contribution in [0.2, 0.25) is 0 Å². The zero-order chi connectivity index (χ0) is 16.8. The number of benzene rings is 1. The Kier molecular flexibility index (Phi) is 3.58. The highest BCUT2D eigenvalue weighted by Crippen LogP contribution is 2.32. The van der Waals surface area contributed by atoms with Gasteiger partial charge in [0.25, 0.3) is 5.91 Å². The van der Waals surface area contributed by atoms with Gasteiger partial charge < -0.3 is 15.3 Å². The summed E-state index contributed by atoms with van der Waals surface area (Å²) in [5, 5.41) is 11.8. The summed E-state index contributed by atoms with van der Waals surface area (Å²) in [7, 11) is 0. The lowest BCUT2D eigenvalue weighted by Gasteiger charge is -2.22. The van der Waals surface area contributed by atoms with Crippen molar-refractivity contribution in [1.29, 1.82) is 0 Å². The molecule has 1 atom stereocenters. The van der Waals surface area contributed by atoms with Crippen LogP contribution in [0.15, 0.2) is 12.1 Å². The molecule has 2 N–H and O–H groups in total. The largest absolute Gasteiger partial charge is 0.481 e. The number of halogens is 1. The SMILES string of the molecule is CC1(C(=O)O)CCN(C(=O)c2cc3c(cc2F)NC(=O)CC3)C1. The molecule has 2 aliphatic rings. The van der Waals surface area contributed by atoms with Crippen molar-refractivity contribution in [3.8, 4) is 0 Å². The van der Waals surface area contributed by atoms with Gasteiger partial charge in [-0.1, -0.05) is 0 Å². The lowest BCUT2D eigenvalue weighted by atomic mass is 9.90. The molecule has 6 nitrogen and oxygen atoms in total. The number of rotatable bonds is 2. The van der Waals surface area contributed by atoms with Gasteiger partial charge in [-0.3, -0.25) is 14.4 Å². The first kappa shape index (κ1) is 15.5. The minimum Gasteiger partial charge on any atom is -0.481 e. The molecule has 23 heavy (non-hydrogen) atoms. The number of hydrogen-bond donors (Lipinski definition) is 2. The molecule has 1 fully saturated rings. The van der Waals surface area contributed by atoms with Crippen LogP contribution in [0.4, 0.5) is 10.1 Å². The van der Waals surface area contributed by atoms with E-state index in [4.69, 9.17) is 0 Å². The van der Waals surface area contributed by atoms with E-state index in [9.17, 15) is 23.9 Å². The summed E-state index contributed by atoms with van der Waals surface area (Å²) in [6.07, 6.45) is 1.10. The molecule has 2 amide bonds. The molecule has 1 saturated heterocycles. The van der Waals surface area contributed by atoms with Crippen LogP contribution in [-0.4, -0.2) is 40.9 Å². The third-order valence-electron chi connectivity index (χ3n) is 4.60. The summed E-state index contributed by atoms with van der Waals surface area (Å²) in [6, 6.07) is 2.62. The number of carboxylic acids is 1. The van der Waals surface area contributed by atoms with Crippen LogP contribution >= 0.6 is 0 Å². The first-order valence-electron chi connectivity index (χ1n) is 7.45. The number of anilines is 1. The molecule has 0 aromatic heterocycles. The second-order valence-electron chi connectivity index (χ2n) is 6.38. The van der Waals surface area contributed by atoms with Gasteiger partial charge in [0.1, 0.15) is 5.82 Å². The fourth-order valence-corrected chi connectivity index (χ4v) is 3.05. The third-order valence-corrected chi connectivity index (χ3v) is 4.60. The number of carbonyl (C=O) groups is 3. The molecule has 3 rings (SSSR count). The Morgan fingerprint density at radius 2 is 2.09 bits per heavy atom. The summed E-state index contributed by atoms with van der Waals surface area (Å²) in [4.78, 5) is 36.5. The topological polar surface area (TPSA) is 86.7 Å². The van der Waals surface area contributed by atoms with E-state index in [2.05, 4.69) is 5.32 Å². The number of hydrogen-bond acceptors (Lipinski definition) is 3. The van der Waals surface area contributed by atoms with Gasteiger partial charge in [-0.05, 0) is 37.5 Å². The van der Waals surface area contributed by atoms with E-state index in [1.165, 1.54) is 11.0 Å². The van der Waals surface area contributed by atoms with E-state index in [0.717, 1.165) is 11.6 Å². The molecule has 122 valence electrons. The van der Waals surface area contributed by atoms with Crippen LogP contribution in [0.1, 0.15) is 35.7 Å². The Labute approximate surface area is 132 Å². The Bertz CT molecular complexity index is 718. The van der Waals surface area contributed by atoms with Gasteiger partial charge >= 0.3 is 5.97 Å². The van der Waals surface area contributed by atoms with E-state index >= 15 is 0 Å². The van der Waals surface area contributed by atoms with Crippen molar-refractivity contribution < 1.29 is 23.9 Å². The van der Waals surface area contributed by atoms with Gasteiger partial charge in [0.05, 0.1) is 11.0 Å². The maximum atomic E-state index is 14.2. The first-order chi connectivity index (χ1) is 10.8. The number of amides is 2. The fourth-order valence-electron chi connectivity index (χ4n) is 3.05. The van der Waals surface area contributed by atoms with Crippen LogP contribution < -0.4 is 5.32 Å². The number of nitrogens with one attached hydrogen (secondary N) is 1. The quantitative estimate of drug-likeness (QED) is 0.867. The lowest BCUT2D eigenvalue weighted by molar-refractivity contribution is -0.147. The van der Waals surface area contributed by atoms with Crippen molar-refractivity contribution in [1.82, 2.24) is 4.90 Å². The molecule has 0 radical (unpaired) electrons. The highest BCUT2D eigenvalue weighted by atomic mass is 19.1. The van der Waals surface area contributed by atoms with Crippen LogP contribution in [0.3, 0.4) is 0 Å². The summed E-state index contributed by atoms with van der Waals surface area (Å²) in [6.45, 7) is 1.94. The van der Waals surface area contributed by atoms with Gasteiger partial charge in [-0.15, -0.1) is 0 Å². The number of carboxylic acid groups (broad SMARTS) is 1. The fraction of sp³-hybridized carbons (Fsp3) is 0.438. The van der Waals surface area contributed by atoms with Crippen LogP contribution in [0.25, 0.3) is 0 Å². The van der Waals surface area contributed by atoms with E-state index in [0.29, 0.717) is 24.9 Å². The van der Waals surface area contributed by atoms with Crippen molar-refractivity contribution in [2.75, 3.05) is 18.4 Å². The Morgan fingerprint density at radius 1 is 1.35 bits per heavy atom. The Balaban J connectivity index is 1.86. The predicted molar refractivity (Wildman–Crippen MR) is 79.6 cm³/mol. The van der Waals surface area contributed by atoms with E-state index in [1.54, 1.807) is 6.92 Å². The summed E-state index contributed by atoms with van der Waals surface area (Å²) in [5.74, 6) is -2.35. The maximum Gasteiger partial charge on any atom is 0.311 e. The number of fused-ring (bicyclic) bond motifs is 1. The first-order valence-corrected chi connectivity index (χ1v) is 7.45. The van der Waals surface area contributed by atoms with E-state index in [-0.39, 0.29) is 24.6 Å². The van der Waals surface area contributed by atoms with Gasteiger partial charge in [0.15, 0.2) is 0 Å². The van der Waals surface area contributed by atoms with E-state index in [1.807, 2.05) is 0 Å². The molecule has 7 heteroatoms. The molecule has 1 aromatic carbocycles. The second kappa shape index (κ2) is 5.33. The number of aryl methyl sites for hydroxylation is 1. The maximum absolute atomic E-state index is 14.2. The average molecular weight is 320 g/mol. The van der Waals surface area contributed by atoms with E-state index < -0.39 is 23.1 Å². The molecule has 0 spiro atoms. The smallest absolute Gasteiger partial charge is 0.311 e. The van der Waals surface area contributed by atoms with Crippen molar-refractivity contribution in [2.45, 2.75) is 26.2 Å². The molecule has 2 heterocycles. The second-order valence-corrected chi connectivity index (χ2v) is 6.38. The number of carbonyl (C=O) groups excluding carboxylic acids is 2. The van der Waals surface area contributed by atoms with Crippen LogP contribution in [0, 0.1) is 11.2 Å². The third kappa shape index (κ3) is 2.67. The van der Waals surface area contributed by atoms with Crippen LogP contribution in [0.5, 0.6) is 0 Å².